The number of nitrogens with zero attached hydrogens (tertiary/aromatic N) is 2. The minimum Gasteiger partial charge on any atom is -0.507 e. The predicted molar refractivity (Wildman–Crippen MR) is 178 cm³/mol. The molecule has 0 bridgehead atoms. The lowest BCUT2D eigenvalue weighted by atomic mass is 9.94. The van der Waals surface area contributed by atoms with Crippen molar-refractivity contribution in [1.82, 2.24) is 4.98 Å². The van der Waals surface area contributed by atoms with Gasteiger partial charge in [-0.2, -0.15) is 0 Å². The molecule has 3 heterocycles. The first kappa shape index (κ1) is 29.6. The maximum absolute atomic E-state index is 13.9. The third-order valence-electron chi connectivity index (χ3n) is 8.17. The quantitative estimate of drug-likeness (QED) is 0.107. The van der Waals surface area contributed by atoms with Gasteiger partial charge in [0.05, 0.1) is 28.4 Å². The van der Waals surface area contributed by atoms with E-state index in [-0.39, 0.29) is 17.4 Å². The minimum absolute atomic E-state index is 0.0141. The molecule has 2 aliphatic heterocycles. The van der Waals surface area contributed by atoms with E-state index in [1.54, 1.807) is 30.3 Å². The Bertz CT molecular complexity index is 2020. The number of Topliss-reactive ketones (excluding diaryl/α,β-unsaturated/α-hetero) is 1. The number of aliphatic hydroxyl groups excluding tert-OH is 1. The average Bonchev–Trinajstić information content (AvgIpc) is 3.72. The van der Waals surface area contributed by atoms with Crippen molar-refractivity contribution in [3.05, 3.63) is 118 Å². The summed E-state index contributed by atoms with van der Waals surface area (Å²) in [4.78, 5) is 33.9. The Morgan fingerprint density at radius 3 is 2.63 bits per heavy atom. The van der Waals surface area contributed by atoms with Gasteiger partial charge in [-0.15, -0.1) is 0 Å². The number of ether oxygens (including phenoxy) is 3. The normalized spacial score (nSPS) is 18.5. The molecule has 1 amide bonds. The second-order valence-electron chi connectivity index (χ2n) is 11.5. The number of aryl methyl sites for hydroxylation is 1. The Morgan fingerprint density at radius 2 is 1.83 bits per heavy atom. The number of ketones is 1. The number of amides is 1. The number of carbonyl (C=O) groups is 2. The molecule has 8 nitrogen and oxygen atoms in total. The van der Waals surface area contributed by atoms with Gasteiger partial charge in [0.15, 0.2) is 16.6 Å². The summed E-state index contributed by atoms with van der Waals surface area (Å²) in [6, 6.07) is 25.4. The van der Waals surface area contributed by atoms with Gasteiger partial charge in [-0.3, -0.25) is 14.5 Å². The number of aliphatic hydroxyl groups is 1. The first-order valence-electron chi connectivity index (χ1n) is 15.2. The second kappa shape index (κ2) is 12.0. The Morgan fingerprint density at radius 1 is 1.00 bits per heavy atom. The van der Waals surface area contributed by atoms with Gasteiger partial charge in [-0.25, -0.2) is 4.98 Å². The molecule has 46 heavy (non-hydrogen) atoms. The van der Waals surface area contributed by atoms with Crippen molar-refractivity contribution in [2.45, 2.75) is 45.9 Å². The summed E-state index contributed by atoms with van der Waals surface area (Å²) >= 11 is 1.33. The molecule has 1 saturated heterocycles. The third kappa shape index (κ3) is 5.37. The van der Waals surface area contributed by atoms with E-state index in [4.69, 9.17) is 19.2 Å². The number of thiazole rings is 1. The molecule has 0 aliphatic carbocycles. The molecule has 232 valence electrons. The number of hydrogen-bond donors (Lipinski definition) is 1. The van der Waals surface area contributed by atoms with E-state index in [1.807, 2.05) is 75.4 Å². The van der Waals surface area contributed by atoms with E-state index in [1.165, 1.54) is 16.2 Å². The van der Waals surface area contributed by atoms with Crippen molar-refractivity contribution in [2.24, 2.45) is 0 Å². The summed E-state index contributed by atoms with van der Waals surface area (Å²) in [5.74, 6) is -0.0706. The molecule has 4 aromatic carbocycles. The lowest BCUT2D eigenvalue weighted by Gasteiger charge is -2.24. The van der Waals surface area contributed by atoms with Crippen LogP contribution in [0.4, 0.5) is 5.13 Å². The molecule has 1 fully saturated rings. The van der Waals surface area contributed by atoms with Crippen LogP contribution in [0.1, 0.15) is 47.7 Å². The van der Waals surface area contributed by atoms with Gasteiger partial charge in [0, 0.05) is 12.0 Å². The van der Waals surface area contributed by atoms with E-state index < -0.39 is 17.7 Å². The van der Waals surface area contributed by atoms with Gasteiger partial charge in [0.25, 0.3) is 5.78 Å². The van der Waals surface area contributed by atoms with E-state index in [9.17, 15) is 14.7 Å². The molecular formula is C37H32N2O6S. The molecule has 0 saturated carbocycles. The molecule has 1 N–H and O–H groups in total. The van der Waals surface area contributed by atoms with Gasteiger partial charge >= 0.3 is 5.91 Å². The maximum atomic E-state index is 13.9. The van der Waals surface area contributed by atoms with Gasteiger partial charge < -0.3 is 19.3 Å². The van der Waals surface area contributed by atoms with Crippen molar-refractivity contribution in [1.29, 1.82) is 0 Å². The number of fused-ring (bicyclic) bond motifs is 2. The standard InChI is InChI=1S/C37H32N2O6S/c1-4-43-30-19-24(11-15-29(30)44-20-23-8-6-5-7-9-23)33-32(34(40)25-12-14-28-26(18-25)17-22(3)45-28)35(41)36(42)39(33)37-38-27-13-10-21(2)16-31(27)46-37/h5-16,18-19,22,33,40H,4,17,20H2,1-3H3/t22-,33-/m0/s1. The molecular weight excluding hydrogens is 600 g/mol. The number of hydrogen-bond acceptors (Lipinski definition) is 8. The summed E-state index contributed by atoms with van der Waals surface area (Å²) in [6.07, 6.45) is 0.696. The van der Waals surface area contributed by atoms with Crippen LogP contribution in [0, 0.1) is 6.92 Å². The Hall–Kier alpha value is -5.15. The highest BCUT2D eigenvalue weighted by Crippen LogP contribution is 2.46. The van der Waals surface area contributed by atoms with Crippen LogP contribution < -0.4 is 19.1 Å². The highest BCUT2D eigenvalue weighted by atomic mass is 32.1. The largest absolute Gasteiger partial charge is 0.507 e. The molecule has 5 aromatic rings. The first-order valence-corrected chi connectivity index (χ1v) is 16.0. The molecule has 0 radical (unpaired) electrons. The summed E-state index contributed by atoms with van der Waals surface area (Å²) in [5.41, 5.74) is 4.71. The fraction of sp³-hybridized carbons (Fsp3) is 0.216. The van der Waals surface area contributed by atoms with Crippen molar-refractivity contribution in [2.75, 3.05) is 11.5 Å². The molecule has 9 heteroatoms. The van der Waals surface area contributed by atoms with Crippen LogP contribution in [0.5, 0.6) is 17.2 Å². The summed E-state index contributed by atoms with van der Waals surface area (Å²) in [6.45, 7) is 6.56. The van der Waals surface area contributed by atoms with E-state index in [2.05, 4.69) is 0 Å². The topological polar surface area (TPSA) is 98.2 Å². The first-order chi connectivity index (χ1) is 22.3. The minimum atomic E-state index is -0.965. The van der Waals surface area contributed by atoms with Crippen molar-refractivity contribution >= 4 is 44.1 Å². The lowest BCUT2D eigenvalue weighted by Crippen LogP contribution is -2.29. The second-order valence-corrected chi connectivity index (χ2v) is 12.5. The molecule has 2 atom stereocenters. The average molecular weight is 633 g/mol. The van der Waals surface area contributed by atoms with Crippen LogP contribution in [0.15, 0.2) is 90.5 Å². The molecule has 0 spiro atoms. The number of anilines is 1. The van der Waals surface area contributed by atoms with Crippen molar-refractivity contribution < 1.29 is 28.9 Å². The molecule has 7 rings (SSSR count). The van der Waals surface area contributed by atoms with Gasteiger partial charge in [0.2, 0.25) is 0 Å². The molecule has 1 aromatic heterocycles. The van der Waals surface area contributed by atoms with Crippen molar-refractivity contribution in [3.63, 3.8) is 0 Å². The third-order valence-corrected chi connectivity index (χ3v) is 9.19. The summed E-state index contributed by atoms with van der Waals surface area (Å²) in [7, 11) is 0. The van der Waals surface area contributed by atoms with Crippen LogP contribution in [-0.2, 0) is 22.6 Å². The van der Waals surface area contributed by atoms with Crippen LogP contribution in [0.3, 0.4) is 0 Å². The zero-order valence-corrected chi connectivity index (χ0v) is 26.5. The van der Waals surface area contributed by atoms with Gasteiger partial charge in [0.1, 0.15) is 24.2 Å². The molecule has 2 aliphatic rings. The van der Waals surface area contributed by atoms with Gasteiger partial charge in [-0.05, 0) is 85.5 Å². The number of benzene rings is 4. The highest BCUT2D eigenvalue weighted by molar-refractivity contribution is 7.22. The zero-order valence-electron chi connectivity index (χ0n) is 25.7. The van der Waals surface area contributed by atoms with E-state index in [0.29, 0.717) is 47.4 Å². The Balaban J connectivity index is 1.36. The van der Waals surface area contributed by atoms with Crippen LogP contribution >= 0.6 is 11.3 Å². The number of rotatable bonds is 8. The maximum Gasteiger partial charge on any atom is 0.301 e. The number of carbonyl (C=O) groups excluding carboxylic acids is 2. The summed E-state index contributed by atoms with van der Waals surface area (Å²) < 4.78 is 18.9. The summed E-state index contributed by atoms with van der Waals surface area (Å²) in [5, 5.41) is 12.1. The fourth-order valence-corrected chi connectivity index (χ4v) is 7.10. The SMILES string of the molecule is CCOc1cc([C@H]2C(=C(O)c3ccc4c(c3)C[C@H](C)O4)C(=O)C(=O)N2c2nc3ccc(C)cc3s2)ccc1OCc1ccccc1. The van der Waals surface area contributed by atoms with Gasteiger partial charge in [-0.1, -0.05) is 53.8 Å². The van der Waals surface area contributed by atoms with E-state index >= 15 is 0 Å². The van der Waals surface area contributed by atoms with E-state index in [0.717, 1.165) is 32.7 Å². The Labute approximate surface area is 270 Å². The monoisotopic (exact) mass is 632 g/mol. The predicted octanol–water partition coefficient (Wildman–Crippen LogP) is 7.53. The van der Waals surface area contributed by atoms with Crippen LogP contribution in [0.2, 0.25) is 0 Å². The van der Waals surface area contributed by atoms with Crippen molar-refractivity contribution in [3.8, 4) is 17.2 Å². The van der Waals surface area contributed by atoms with Crippen LogP contribution in [0.25, 0.3) is 16.0 Å². The Kier molecular flexibility index (Phi) is 7.70. The zero-order chi connectivity index (χ0) is 31.9. The lowest BCUT2D eigenvalue weighted by molar-refractivity contribution is -0.132. The van der Waals surface area contributed by atoms with Crippen LogP contribution in [-0.4, -0.2) is 34.5 Å². The highest BCUT2D eigenvalue weighted by Gasteiger charge is 2.48. The number of aromatic nitrogens is 1. The molecule has 0 unspecified atom stereocenters. The smallest absolute Gasteiger partial charge is 0.301 e. The fourth-order valence-electron chi connectivity index (χ4n) is 6.01.